The average molecular weight is 528 g/mol. The van der Waals surface area contributed by atoms with Crippen LogP contribution in [0.25, 0.3) is 0 Å². The van der Waals surface area contributed by atoms with Gasteiger partial charge in [0.05, 0.1) is 5.54 Å². The minimum Gasteiger partial charge on any atom is -0.465 e. The minimum atomic E-state index is -1.46. The molecular weight excluding hydrogens is 492 g/mol. The molecule has 1 saturated carbocycles. The van der Waals surface area contributed by atoms with E-state index in [-0.39, 0.29) is 17.2 Å². The smallest absolute Gasteiger partial charge is 0.415 e. The number of carboxylic acid groups (broad SMARTS) is 1. The first-order valence-corrected chi connectivity index (χ1v) is 16.1. The third-order valence-corrected chi connectivity index (χ3v) is 9.81. The molecule has 1 heterocycles. The van der Waals surface area contributed by atoms with Gasteiger partial charge >= 0.3 is 6.09 Å². The van der Waals surface area contributed by atoms with Crippen LogP contribution in [0.15, 0.2) is 23.2 Å². The van der Waals surface area contributed by atoms with Crippen molar-refractivity contribution in [1.82, 2.24) is 4.90 Å². The number of hydrogen-bond acceptors (Lipinski definition) is 5. The average Bonchev–Trinajstić information content (AvgIpc) is 3.45. The lowest BCUT2D eigenvalue weighted by atomic mass is 9.85. The molecule has 0 spiro atoms. The molecular formula is C24H35F2N3O4SSi. The van der Waals surface area contributed by atoms with Gasteiger partial charge in [0.2, 0.25) is 5.91 Å². The molecule has 2 amide bonds. The zero-order chi connectivity index (χ0) is 26.6. The summed E-state index contributed by atoms with van der Waals surface area (Å²) in [5, 5.41) is 10.3. The first-order chi connectivity index (χ1) is 15.9. The normalized spacial score (nSPS) is 27.0. The number of hydrogen-bond donors (Lipinski definition) is 2. The van der Waals surface area contributed by atoms with E-state index in [4.69, 9.17) is 10.5 Å². The van der Waals surface area contributed by atoms with Crippen LogP contribution >= 0.6 is 11.8 Å². The number of ether oxygens (including phenoxy) is 1. The summed E-state index contributed by atoms with van der Waals surface area (Å²) in [5.74, 6) is -3.26. The Morgan fingerprint density at radius 2 is 1.97 bits per heavy atom. The summed E-state index contributed by atoms with van der Waals surface area (Å²) in [7, 11) is -1.46. The number of halogens is 2. The van der Waals surface area contributed by atoms with Crippen molar-refractivity contribution in [3.8, 4) is 0 Å². The quantitative estimate of drug-likeness (QED) is 0.373. The van der Waals surface area contributed by atoms with E-state index in [2.05, 4.69) is 24.6 Å². The second-order valence-corrected chi connectivity index (χ2v) is 18.7. The van der Waals surface area contributed by atoms with Crippen LogP contribution in [0.4, 0.5) is 13.6 Å². The van der Waals surface area contributed by atoms with E-state index in [1.54, 1.807) is 6.92 Å². The van der Waals surface area contributed by atoms with Gasteiger partial charge in [0.15, 0.2) is 16.8 Å². The van der Waals surface area contributed by atoms with E-state index in [1.807, 2.05) is 20.8 Å². The number of fused-ring (bicyclic) bond motifs is 1. The molecule has 1 aromatic carbocycles. The number of amides is 2. The standard InChI is InChI=1S/C24H35F2N3O4SSi/c1-22(2,3)19(33-11-12-35(5,6)7)29(21(31)32)20-28-23(4,14-9-8-10-15(25)17(14)26)16-13-24(16,34-20)18(27)30/h8-10,16,19H,11-13H2,1-7H3,(H2,27,30)(H,31,32)/t16-,19?,23+,24-/m0/s1. The molecule has 0 bridgehead atoms. The van der Waals surface area contributed by atoms with Crippen LogP contribution in [0.1, 0.15) is 39.7 Å². The zero-order valence-electron chi connectivity index (χ0n) is 21.3. The summed E-state index contributed by atoms with van der Waals surface area (Å²) < 4.78 is 34.1. The van der Waals surface area contributed by atoms with E-state index in [9.17, 15) is 23.5 Å². The molecule has 3 N–H and O–H groups in total. The molecule has 0 aromatic heterocycles. The van der Waals surface area contributed by atoms with Gasteiger partial charge in [-0.1, -0.05) is 64.3 Å². The topological polar surface area (TPSA) is 105 Å². The summed E-state index contributed by atoms with van der Waals surface area (Å²) in [6.07, 6.45) is -1.97. The number of nitrogens with two attached hydrogens (primary N) is 1. The molecule has 1 fully saturated rings. The number of amidine groups is 1. The Labute approximate surface area is 210 Å². The Balaban J connectivity index is 2.12. The van der Waals surface area contributed by atoms with E-state index in [0.29, 0.717) is 6.61 Å². The molecule has 7 nitrogen and oxygen atoms in total. The zero-order valence-corrected chi connectivity index (χ0v) is 23.1. The Morgan fingerprint density at radius 1 is 1.34 bits per heavy atom. The number of nitrogens with zero attached hydrogens (tertiary/aromatic N) is 2. The molecule has 3 rings (SSSR count). The van der Waals surface area contributed by atoms with E-state index >= 15 is 0 Å². The maximum absolute atomic E-state index is 14.9. The van der Waals surface area contributed by atoms with Gasteiger partial charge in [0, 0.05) is 31.6 Å². The van der Waals surface area contributed by atoms with E-state index < -0.39 is 59.6 Å². The third kappa shape index (κ3) is 5.27. The molecule has 2 aliphatic rings. The maximum Gasteiger partial charge on any atom is 0.415 e. The van der Waals surface area contributed by atoms with Crippen molar-refractivity contribution in [3.05, 3.63) is 35.4 Å². The Morgan fingerprint density at radius 3 is 2.49 bits per heavy atom. The molecule has 0 radical (unpaired) electrons. The number of thioether (sulfide) groups is 1. The number of carbonyl (C=O) groups is 2. The summed E-state index contributed by atoms with van der Waals surface area (Å²) in [4.78, 5) is 30.9. The Bertz CT molecular complexity index is 1060. The first kappa shape index (κ1) is 27.6. The summed E-state index contributed by atoms with van der Waals surface area (Å²) >= 11 is 0.976. The lowest BCUT2D eigenvalue weighted by Gasteiger charge is -2.42. The molecule has 194 valence electrons. The van der Waals surface area contributed by atoms with Crippen molar-refractivity contribution in [2.45, 2.75) is 76.3 Å². The van der Waals surface area contributed by atoms with Gasteiger partial charge in [0.25, 0.3) is 0 Å². The van der Waals surface area contributed by atoms with Crippen molar-refractivity contribution in [1.29, 1.82) is 0 Å². The number of carbonyl (C=O) groups excluding carboxylic acids is 1. The van der Waals surface area contributed by atoms with Crippen molar-refractivity contribution in [3.63, 3.8) is 0 Å². The fraction of sp³-hybridized carbons (Fsp3) is 0.625. The van der Waals surface area contributed by atoms with Crippen LogP contribution in [0.3, 0.4) is 0 Å². The molecule has 1 unspecified atom stereocenters. The number of aliphatic imine (C=N–C) groups is 1. The van der Waals surface area contributed by atoms with Gasteiger partial charge in [0.1, 0.15) is 11.0 Å². The van der Waals surface area contributed by atoms with E-state index in [1.165, 1.54) is 12.1 Å². The molecule has 4 atom stereocenters. The van der Waals surface area contributed by atoms with Gasteiger partial charge in [-0.25, -0.2) is 18.5 Å². The molecule has 1 aliphatic heterocycles. The van der Waals surface area contributed by atoms with Crippen LogP contribution in [0.2, 0.25) is 25.7 Å². The van der Waals surface area contributed by atoms with Crippen molar-refractivity contribution >= 4 is 37.0 Å². The lowest BCUT2D eigenvalue weighted by Crippen LogP contribution is -2.54. The van der Waals surface area contributed by atoms with Crippen molar-refractivity contribution in [2.24, 2.45) is 22.1 Å². The highest BCUT2D eigenvalue weighted by molar-refractivity contribution is 8.16. The Kier molecular flexibility index (Phi) is 7.22. The first-order valence-electron chi connectivity index (χ1n) is 11.6. The molecule has 0 saturated heterocycles. The number of primary amides is 1. The van der Waals surface area contributed by atoms with Crippen LogP contribution in [-0.2, 0) is 15.1 Å². The van der Waals surface area contributed by atoms with Gasteiger partial charge in [-0.3, -0.25) is 9.79 Å². The van der Waals surface area contributed by atoms with Crippen molar-refractivity contribution < 1.29 is 28.2 Å². The predicted molar refractivity (Wildman–Crippen MR) is 136 cm³/mol. The summed E-state index contributed by atoms with van der Waals surface area (Å²) in [6, 6.07) is 4.61. The molecule has 1 aromatic rings. The monoisotopic (exact) mass is 527 g/mol. The number of benzene rings is 1. The summed E-state index contributed by atoms with van der Waals surface area (Å²) in [6.45, 7) is 14.1. The highest BCUT2D eigenvalue weighted by Crippen LogP contribution is 2.66. The van der Waals surface area contributed by atoms with Gasteiger partial charge in [-0.2, -0.15) is 0 Å². The van der Waals surface area contributed by atoms with Crippen molar-refractivity contribution in [2.75, 3.05) is 6.61 Å². The second kappa shape index (κ2) is 9.15. The molecule has 35 heavy (non-hydrogen) atoms. The second-order valence-electron chi connectivity index (χ2n) is 11.8. The van der Waals surface area contributed by atoms with Crippen LogP contribution < -0.4 is 5.73 Å². The third-order valence-electron chi connectivity index (χ3n) is 6.62. The molecule has 1 aliphatic carbocycles. The SMILES string of the molecule is CC(C)(C)C(OCC[Si](C)(C)C)N(C(=O)O)C1=N[C@](C)(c2cccc(F)c2F)[C@@H]2C[C@]2(C(N)=O)S1. The maximum atomic E-state index is 14.9. The highest BCUT2D eigenvalue weighted by atomic mass is 32.2. The van der Waals surface area contributed by atoms with Crippen LogP contribution in [0, 0.1) is 23.0 Å². The van der Waals surface area contributed by atoms with Gasteiger partial charge in [-0.15, -0.1) is 0 Å². The predicted octanol–water partition coefficient (Wildman–Crippen LogP) is 5.23. The fourth-order valence-corrected chi connectivity index (χ4v) is 6.80. The summed E-state index contributed by atoms with van der Waals surface area (Å²) in [5.41, 5.74) is 3.68. The molecule has 11 heteroatoms. The number of rotatable bonds is 7. The van der Waals surface area contributed by atoms with Crippen LogP contribution in [0.5, 0.6) is 0 Å². The minimum absolute atomic E-state index is 0.0101. The van der Waals surface area contributed by atoms with E-state index in [0.717, 1.165) is 28.8 Å². The van der Waals surface area contributed by atoms with Crippen LogP contribution in [-0.4, -0.2) is 52.8 Å². The highest BCUT2D eigenvalue weighted by Gasteiger charge is 2.71. The van der Waals surface area contributed by atoms with Gasteiger partial charge < -0.3 is 15.6 Å². The largest absolute Gasteiger partial charge is 0.465 e. The van der Waals surface area contributed by atoms with Gasteiger partial charge in [-0.05, 0) is 25.5 Å². The lowest BCUT2D eigenvalue weighted by molar-refractivity contribution is -0.118. The Hall–Kier alpha value is -1.98. The fourth-order valence-electron chi connectivity index (χ4n) is 4.51.